The second kappa shape index (κ2) is 6.33. The lowest BCUT2D eigenvalue weighted by molar-refractivity contribution is 0.242. The number of aromatic nitrogens is 4. The molecule has 0 unspecified atom stereocenters. The molecule has 0 radical (unpaired) electrons. The first-order chi connectivity index (χ1) is 12.7. The molecule has 0 fully saturated rings. The fourth-order valence-electron chi connectivity index (χ4n) is 2.72. The summed E-state index contributed by atoms with van der Waals surface area (Å²) < 4.78 is 11.1. The van der Waals surface area contributed by atoms with Gasteiger partial charge >= 0.3 is 0 Å². The lowest BCUT2D eigenvalue weighted by Gasteiger charge is -2.11. The fourth-order valence-corrected chi connectivity index (χ4v) is 2.72. The minimum absolute atomic E-state index is 0.0154. The molecule has 0 bridgehead atoms. The van der Waals surface area contributed by atoms with Crippen LogP contribution in [0, 0.1) is 11.3 Å². The summed E-state index contributed by atoms with van der Waals surface area (Å²) in [5.41, 5.74) is 2.81. The van der Waals surface area contributed by atoms with E-state index in [1.165, 1.54) is 0 Å². The zero-order valence-corrected chi connectivity index (χ0v) is 14.2. The summed E-state index contributed by atoms with van der Waals surface area (Å²) in [6, 6.07) is 13.1. The van der Waals surface area contributed by atoms with E-state index < -0.39 is 0 Å². The summed E-state index contributed by atoms with van der Waals surface area (Å²) in [7, 11) is 0. The zero-order valence-electron chi connectivity index (χ0n) is 14.2. The van der Waals surface area contributed by atoms with E-state index >= 15 is 0 Å². The predicted octanol–water partition coefficient (Wildman–Crippen LogP) is 3.94. The van der Waals surface area contributed by atoms with E-state index in [1.54, 1.807) is 24.4 Å². The second-order valence-corrected chi connectivity index (χ2v) is 6.05. The Balaban J connectivity index is 1.73. The highest BCUT2D eigenvalue weighted by molar-refractivity contribution is 5.92. The van der Waals surface area contributed by atoms with Gasteiger partial charge in [0.1, 0.15) is 11.8 Å². The van der Waals surface area contributed by atoms with Gasteiger partial charge in [0.2, 0.25) is 5.82 Å². The molecule has 2 aromatic heterocycles. The highest BCUT2D eigenvalue weighted by Crippen LogP contribution is 2.30. The summed E-state index contributed by atoms with van der Waals surface area (Å²) >= 11 is 0. The highest BCUT2D eigenvalue weighted by Gasteiger charge is 2.15. The van der Waals surface area contributed by atoms with Crippen molar-refractivity contribution in [3.63, 3.8) is 0 Å². The molecule has 0 aliphatic rings. The van der Waals surface area contributed by atoms with Crippen LogP contribution in [-0.4, -0.2) is 26.4 Å². The summed E-state index contributed by atoms with van der Waals surface area (Å²) in [6.45, 7) is 3.83. The van der Waals surface area contributed by atoms with Gasteiger partial charge < -0.3 is 9.26 Å². The van der Waals surface area contributed by atoms with E-state index in [2.05, 4.69) is 26.4 Å². The first-order valence-corrected chi connectivity index (χ1v) is 8.13. The Morgan fingerprint density at radius 2 is 2.12 bits per heavy atom. The number of fused-ring (bicyclic) bond motifs is 1. The monoisotopic (exact) mass is 345 g/mol. The van der Waals surface area contributed by atoms with Crippen LogP contribution in [0.5, 0.6) is 5.75 Å². The summed E-state index contributed by atoms with van der Waals surface area (Å²) in [5, 5.41) is 21.3. The van der Waals surface area contributed by atoms with Gasteiger partial charge in [-0.1, -0.05) is 17.3 Å². The molecule has 0 atom stereocenters. The van der Waals surface area contributed by atoms with E-state index in [4.69, 9.17) is 9.26 Å². The molecule has 0 saturated carbocycles. The topological polar surface area (TPSA) is 101 Å². The number of rotatable bonds is 4. The molecular weight excluding hydrogens is 330 g/mol. The van der Waals surface area contributed by atoms with E-state index in [1.807, 2.05) is 32.0 Å². The summed E-state index contributed by atoms with van der Waals surface area (Å²) in [6.07, 6.45) is 1.71. The molecule has 0 aliphatic carbocycles. The summed E-state index contributed by atoms with van der Waals surface area (Å²) in [5.74, 6) is 1.34. The maximum atomic E-state index is 9.37. The molecule has 0 saturated heterocycles. The number of nitrogens with one attached hydrogen (secondary N) is 1. The van der Waals surface area contributed by atoms with Crippen LogP contribution in [0.1, 0.15) is 19.4 Å². The number of benzene rings is 2. The zero-order chi connectivity index (χ0) is 18.1. The molecule has 2 aromatic carbocycles. The quantitative estimate of drug-likeness (QED) is 0.601. The molecule has 7 nitrogen and oxygen atoms in total. The molecule has 0 amide bonds. The van der Waals surface area contributed by atoms with E-state index in [-0.39, 0.29) is 6.10 Å². The van der Waals surface area contributed by atoms with Gasteiger partial charge in [0.05, 0.1) is 23.4 Å². The van der Waals surface area contributed by atoms with Crippen LogP contribution in [0.2, 0.25) is 0 Å². The van der Waals surface area contributed by atoms with Crippen molar-refractivity contribution in [2.45, 2.75) is 20.0 Å². The number of H-pyrrole nitrogens is 1. The Bertz CT molecular complexity index is 1120. The maximum Gasteiger partial charge on any atom is 0.258 e. The van der Waals surface area contributed by atoms with E-state index in [0.29, 0.717) is 28.6 Å². The van der Waals surface area contributed by atoms with Crippen LogP contribution in [0.15, 0.2) is 47.1 Å². The lowest BCUT2D eigenvalue weighted by atomic mass is 10.1. The average molecular weight is 345 g/mol. The van der Waals surface area contributed by atoms with Crippen molar-refractivity contribution in [3.05, 3.63) is 48.2 Å². The first kappa shape index (κ1) is 15.8. The van der Waals surface area contributed by atoms with E-state index in [0.717, 1.165) is 16.5 Å². The van der Waals surface area contributed by atoms with Crippen molar-refractivity contribution in [3.8, 4) is 34.7 Å². The van der Waals surface area contributed by atoms with Crippen molar-refractivity contribution >= 4 is 10.9 Å². The smallest absolute Gasteiger partial charge is 0.258 e. The Labute approximate surface area is 149 Å². The molecule has 4 aromatic rings. The van der Waals surface area contributed by atoms with Gasteiger partial charge in [-0.15, -0.1) is 0 Å². The highest BCUT2D eigenvalue weighted by atomic mass is 16.5. The van der Waals surface area contributed by atoms with Crippen molar-refractivity contribution < 1.29 is 9.26 Å². The third kappa shape index (κ3) is 2.78. The Morgan fingerprint density at radius 3 is 2.92 bits per heavy atom. The number of hydrogen-bond acceptors (Lipinski definition) is 6. The van der Waals surface area contributed by atoms with E-state index in [9.17, 15) is 5.26 Å². The fraction of sp³-hybridized carbons (Fsp3) is 0.158. The standard InChI is InChI=1S/C19H15N5O2/c1-11(2)25-17-7-6-12(8-13(17)9-20)19-22-18(24-26-19)14-4-3-5-16-15(14)10-21-23-16/h3-8,10-11H,1-2H3,(H,21,23). The molecule has 1 N–H and O–H groups in total. The van der Waals surface area contributed by atoms with Crippen LogP contribution in [-0.2, 0) is 0 Å². The van der Waals surface area contributed by atoms with Gasteiger partial charge in [0.15, 0.2) is 0 Å². The minimum atomic E-state index is -0.0154. The second-order valence-electron chi connectivity index (χ2n) is 6.05. The Hall–Kier alpha value is -3.66. The number of aromatic amines is 1. The number of nitriles is 1. The largest absolute Gasteiger partial charge is 0.490 e. The molecule has 2 heterocycles. The molecular formula is C19H15N5O2. The molecule has 4 rings (SSSR count). The van der Waals surface area contributed by atoms with Crippen molar-refractivity contribution in [2.75, 3.05) is 0 Å². The summed E-state index contributed by atoms with van der Waals surface area (Å²) in [4.78, 5) is 4.48. The van der Waals surface area contributed by atoms with Crippen LogP contribution >= 0.6 is 0 Å². The first-order valence-electron chi connectivity index (χ1n) is 8.13. The Kier molecular flexibility index (Phi) is 3.86. The average Bonchev–Trinajstić information content (AvgIpc) is 3.30. The number of ether oxygens (including phenoxy) is 1. The molecule has 0 aliphatic heterocycles. The van der Waals surface area contributed by atoms with Crippen LogP contribution in [0.3, 0.4) is 0 Å². The number of nitrogens with zero attached hydrogens (tertiary/aromatic N) is 4. The van der Waals surface area contributed by atoms with Gasteiger partial charge in [0, 0.05) is 16.5 Å². The van der Waals surface area contributed by atoms with Gasteiger partial charge in [-0.2, -0.15) is 15.3 Å². The van der Waals surface area contributed by atoms with Crippen molar-refractivity contribution in [1.29, 1.82) is 5.26 Å². The van der Waals surface area contributed by atoms with Crippen LogP contribution in [0.25, 0.3) is 33.7 Å². The predicted molar refractivity (Wildman–Crippen MR) is 95.3 cm³/mol. The number of hydrogen-bond donors (Lipinski definition) is 1. The normalized spacial score (nSPS) is 11.0. The minimum Gasteiger partial charge on any atom is -0.490 e. The van der Waals surface area contributed by atoms with Crippen molar-refractivity contribution in [2.24, 2.45) is 0 Å². The molecule has 128 valence electrons. The Morgan fingerprint density at radius 1 is 1.23 bits per heavy atom. The van der Waals surface area contributed by atoms with Gasteiger partial charge in [0.25, 0.3) is 5.89 Å². The third-order valence-corrected chi connectivity index (χ3v) is 3.86. The van der Waals surface area contributed by atoms with Crippen molar-refractivity contribution in [1.82, 2.24) is 20.3 Å². The molecule has 0 spiro atoms. The van der Waals surface area contributed by atoms with Gasteiger partial charge in [-0.05, 0) is 38.1 Å². The van der Waals surface area contributed by atoms with Crippen LogP contribution < -0.4 is 4.74 Å². The van der Waals surface area contributed by atoms with Crippen LogP contribution in [0.4, 0.5) is 0 Å². The molecule has 7 heteroatoms. The van der Waals surface area contributed by atoms with Gasteiger partial charge in [-0.3, -0.25) is 5.10 Å². The third-order valence-electron chi connectivity index (χ3n) is 3.86. The van der Waals surface area contributed by atoms with Gasteiger partial charge in [-0.25, -0.2) is 0 Å². The molecule has 26 heavy (non-hydrogen) atoms. The maximum absolute atomic E-state index is 9.37. The SMILES string of the molecule is CC(C)Oc1ccc(-c2nc(-c3cccc4[nH]ncc34)no2)cc1C#N. The lowest BCUT2D eigenvalue weighted by Crippen LogP contribution is -2.06.